The first-order chi connectivity index (χ1) is 6.93. The molecular formula is C9H18N2O3S. The van der Waals surface area contributed by atoms with Gasteiger partial charge in [0.05, 0.1) is 5.75 Å². The van der Waals surface area contributed by atoms with E-state index in [4.69, 9.17) is 10.8 Å². The molecule has 0 unspecified atom stereocenters. The second-order valence-electron chi connectivity index (χ2n) is 3.66. The lowest BCUT2D eigenvalue weighted by molar-refractivity contribution is -0.137. The van der Waals surface area contributed by atoms with E-state index in [2.05, 4.69) is 5.32 Å². The number of hydrogen-bond donors (Lipinski definition) is 3. The zero-order valence-corrected chi connectivity index (χ0v) is 9.84. The molecular weight excluding hydrogens is 216 g/mol. The standard InChI is InChI=1S/C9H18N2O3S/c1-6(2)3-11-8(12)5-15-4-7(10)9(13)14/h6-7H,3-5,10H2,1-2H3,(H,11,12)(H,13,14)/t7-/m1/s1. The Morgan fingerprint density at radius 2 is 2.07 bits per heavy atom. The van der Waals surface area contributed by atoms with Gasteiger partial charge in [-0.05, 0) is 5.92 Å². The highest BCUT2D eigenvalue weighted by Gasteiger charge is 2.12. The Morgan fingerprint density at radius 1 is 1.47 bits per heavy atom. The number of nitrogens with two attached hydrogens (primary N) is 1. The molecule has 0 bridgehead atoms. The highest BCUT2D eigenvalue weighted by atomic mass is 32.2. The first kappa shape index (κ1) is 14.2. The molecule has 0 aliphatic carbocycles. The van der Waals surface area contributed by atoms with Gasteiger partial charge < -0.3 is 16.2 Å². The first-order valence-electron chi connectivity index (χ1n) is 4.76. The average molecular weight is 234 g/mol. The summed E-state index contributed by atoms with van der Waals surface area (Å²) in [5, 5.41) is 11.2. The third-order valence-electron chi connectivity index (χ3n) is 1.56. The fourth-order valence-electron chi connectivity index (χ4n) is 0.719. The van der Waals surface area contributed by atoms with Crippen molar-refractivity contribution in [3.8, 4) is 0 Å². The molecule has 0 saturated carbocycles. The normalized spacial score (nSPS) is 12.5. The minimum absolute atomic E-state index is 0.0775. The lowest BCUT2D eigenvalue weighted by Crippen LogP contribution is -2.34. The van der Waals surface area contributed by atoms with Gasteiger partial charge in [-0.25, -0.2) is 0 Å². The Balaban J connectivity index is 3.51. The van der Waals surface area contributed by atoms with Crippen LogP contribution in [-0.2, 0) is 9.59 Å². The number of carboxylic acid groups (broad SMARTS) is 1. The molecule has 0 aromatic carbocycles. The summed E-state index contributed by atoms with van der Waals surface area (Å²) in [6, 6.07) is -0.895. The van der Waals surface area contributed by atoms with Crippen molar-refractivity contribution in [2.75, 3.05) is 18.1 Å². The molecule has 0 aromatic rings. The van der Waals surface area contributed by atoms with Crippen molar-refractivity contribution < 1.29 is 14.7 Å². The van der Waals surface area contributed by atoms with Gasteiger partial charge in [0.2, 0.25) is 5.91 Å². The Morgan fingerprint density at radius 3 is 2.53 bits per heavy atom. The van der Waals surface area contributed by atoms with Crippen molar-refractivity contribution >= 4 is 23.6 Å². The van der Waals surface area contributed by atoms with Crippen LogP contribution in [0.3, 0.4) is 0 Å². The van der Waals surface area contributed by atoms with Gasteiger partial charge in [-0.2, -0.15) is 0 Å². The maximum atomic E-state index is 11.2. The largest absolute Gasteiger partial charge is 0.480 e. The fraction of sp³-hybridized carbons (Fsp3) is 0.778. The maximum Gasteiger partial charge on any atom is 0.321 e. The molecule has 0 spiro atoms. The monoisotopic (exact) mass is 234 g/mol. The predicted octanol–water partition coefficient (Wildman–Crippen LogP) is -0.0963. The number of amides is 1. The van der Waals surface area contributed by atoms with Gasteiger partial charge in [0.15, 0.2) is 0 Å². The van der Waals surface area contributed by atoms with E-state index in [1.165, 1.54) is 11.8 Å². The molecule has 0 aliphatic heterocycles. The summed E-state index contributed by atoms with van der Waals surface area (Å²) in [7, 11) is 0. The molecule has 1 amide bonds. The minimum Gasteiger partial charge on any atom is -0.480 e. The Hall–Kier alpha value is -0.750. The maximum absolute atomic E-state index is 11.2. The van der Waals surface area contributed by atoms with Gasteiger partial charge in [0.25, 0.3) is 0 Å². The van der Waals surface area contributed by atoms with E-state index in [9.17, 15) is 9.59 Å². The van der Waals surface area contributed by atoms with Gasteiger partial charge in [0.1, 0.15) is 6.04 Å². The number of carbonyl (C=O) groups excluding carboxylic acids is 1. The molecule has 1 atom stereocenters. The Kier molecular flexibility index (Phi) is 7.15. The summed E-state index contributed by atoms with van der Waals surface area (Å²) in [6.07, 6.45) is 0. The fourth-order valence-corrected chi connectivity index (χ4v) is 1.52. The summed E-state index contributed by atoms with van der Waals surface area (Å²) in [6.45, 7) is 4.66. The van der Waals surface area contributed by atoms with E-state index >= 15 is 0 Å². The molecule has 4 N–H and O–H groups in total. The van der Waals surface area contributed by atoms with Crippen molar-refractivity contribution in [2.24, 2.45) is 11.7 Å². The Labute approximate surface area is 93.8 Å². The SMILES string of the molecule is CC(C)CNC(=O)CSC[C@@H](N)C(=O)O. The predicted molar refractivity (Wildman–Crippen MR) is 60.8 cm³/mol. The molecule has 0 heterocycles. The lowest BCUT2D eigenvalue weighted by atomic mass is 10.2. The van der Waals surface area contributed by atoms with E-state index in [1.54, 1.807) is 0 Å². The molecule has 0 aromatic heterocycles. The molecule has 5 nitrogen and oxygen atoms in total. The molecule has 0 rings (SSSR count). The summed E-state index contributed by atoms with van der Waals surface area (Å²) in [5.41, 5.74) is 5.27. The van der Waals surface area contributed by atoms with Crippen LogP contribution in [0.2, 0.25) is 0 Å². The molecule has 15 heavy (non-hydrogen) atoms. The summed E-state index contributed by atoms with van der Waals surface area (Å²) < 4.78 is 0. The number of carboxylic acids is 1. The van der Waals surface area contributed by atoms with Crippen LogP contribution in [0.1, 0.15) is 13.8 Å². The summed E-state index contributed by atoms with van der Waals surface area (Å²) in [4.78, 5) is 21.5. The van der Waals surface area contributed by atoms with E-state index in [1.807, 2.05) is 13.8 Å². The third kappa shape index (κ3) is 8.26. The molecule has 0 aliphatic rings. The molecule has 6 heteroatoms. The number of carbonyl (C=O) groups is 2. The van der Waals surface area contributed by atoms with E-state index < -0.39 is 12.0 Å². The molecule has 88 valence electrons. The van der Waals surface area contributed by atoms with Crippen molar-refractivity contribution in [2.45, 2.75) is 19.9 Å². The number of aliphatic carboxylic acids is 1. The van der Waals surface area contributed by atoms with Crippen LogP contribution >= 0.6 is 11.8 Å². The zero-order chi connectivity index (χ0) is 11.8. The quantitative estimate of drug-likeness (QED) is 0.572. The van der Waals surface area contributed by atoms with Crippen LogP contribution in [0, 0.1) is 5.92 Å². The number of rotatable bonds is 7. The van der Waals surface area contributed by atoms with Gasteiger partial charge >= 0.3 is 5.97 Å². The second kappa shape index (κ2) is 7.53. The van der Waals surface area contributed by atoms with Crippen molar-refractivity contribution in [3.05, 3.63) is 0 Å². The van der Waals surface area contributed by atoms with E-state index in [0.29, 0.717) is 12.5 Å². The van der Waals surface area contributed by atoms with Gasteiger partial charge in [-0.1, -0.05) is 13.8 Å². The van der Waals surface area contributed by atoms with Crippen molar-refractivity contribution in [3.63, 3.8) is 0 Å². The lowest BCUT2D eigenvalue weighted by Gasteiger charge is -2.08. The zero-order valence-electron chi connectivity index (χ0n) is 9.03. The highest BCUT2D eigenvalue weighted by Crippen LogP contribution is 2.01. The van der Waals surface area contributed by atoms with Crippen LogP contribution in [-0.4, -0.2) is 41.1 Å². The highest BCUT2D eigenvalue weighted by molar-refractivity contribution is 8.00. The number of thioether (sulfide) groups is 1. The number of nitrogens with one attached hydrogen (secondary N) is 1. The first-order valence-corrected chi connectivity index (χ1v) is 5.91. The van der Waals surface area contributed by atoms with Crippen LogP contribution in [0.15, 0.2) is 0 Å². The van der Waals surface area contributed by atoms with E-state index in [0.717, 1.165) is 0 Å². The molecule has 0 radical (unpaired) electrons. The average Bonchev–Trinajstić information content (AvgIpc) is 2.14. The minimum atomic E-state index is -1.04. The van der Waals surface area contributed by atoms with Crippen LogP contribution in [0.25, 0.3) is 0 Å². The van der Waals surface area contributed by atoms with Crippen molar-refractivity contribution in [1.82, 2.24) is 5.32 Å². The van der Waals surface area contributed by atoms with Gasteiger partial charge in [-0.15, -0.1) is 11.8 Å². The third-order valence-corrected chi connectivity index (χ3v) is 2.62. The van der Waals surface area contributed by atoms with E-state index in [-0.39, 0.29) is 17.4 Å². The van der Waals surface area contributed by atoms with Crippen LogP contribution < -0.4 is 11.1 Å². The topological polar surface area (TPSA) is 92.4 Å². The molecule has 0 fully saturated rings. The summed E-state index contributed by atoms with van der Waals surface area (Å²) in [5.74, 6) is -0.186. The van der Waals surface area contributed by atoms with Gasteiger partial charge in [0, 0.05) is 12.3 Å². The Bertz CT molecular complexity index is 221. The smallest absolute Gasteiger partial charge is 0.321 e. The van der Waals surface area contributed by atoms with Crippen molar-refractivity contribution in [1.29, 1.82) is 0 Å². The van der Waals surface area contributed by atoms with Crippen LogP contribution in [0.4, 0.5) is 0 Å². The number of hydrogen-bond acceptors (Lipinski definition) is 4. The summed E-state index contributed by atoms with van der Waals surface area (Å²) >= 11 is 1.23. The molecule has 0 saturated heterocycles. The second-order valence-corrected chi connectivity index (χ2v) is 4.69. The van der Waals surface area contributed by atoms with Gasteiger partial charge in [-0.3, -0.25) is 9.59 Å². The van der Waals surface area contributed by atoms with Crippen LogP contribution in [0.5, 0.6) is 0 Å².